The molecule has 3 rings (SSSR count). The summed E-state index contributed by atoms with van der Waals surface area (Å²) < 4.78 is 0. The second-order valence-corrected chi connectivity index (χ2v) is 5.70. The molecule has 2 saturated carbocycles. The summed E-state index contributed by atoms with van der Waals surface area (Å²) >= 11 is 0. The van der Waals surface area contributed by atoms with E-state index in [0.717, 1.165) is 36.1 Å². The van der Waals surface area contributed by atoms with Crippen LogP contribution in [0.2, 0.25) is 0 Å². The van der Waals surface area contributed by atoms with E-state index in [-0.39, 0.29) is 11.8 Å². The number of fused-ring (bicyclic) bond motifs is 1. The predicted molar refractivity (Wildman–Crippen MR) is 71.5 cm³/mol. The Morgan fingerprint density at radius 3 is 2.72 bits per heavy atom. The highest BCUT2D eigenvalue weighted by Gasteiger charge is 2.48. The lowest BCUT2D eigenvalue weighted by molar-refractivity contribution is -0.120. The fraction of sp³-hybridized carbons (Fsp3) is 0.571. The van der Waals surface area contributed by atoms with E-state index in [1.807, 2.05) is 25.1 Å². The molecule has 1 aromatic heterocycles. The van der Waals surface area contributed by atoms with Crippen molar-refractivity contribution in [2.24, 2.45) is 17.8 Å². The summed E-state index contributed by atoms with van der Waals surface area (Å²) in [5, 5.41) is 3.03. The summed E-state index contributed by atoms with van der Waals surface area (Å²) in [4.78, 5) is 18.3. The molecule has 2 aliphatic carbocycles. The first-order valence-corrected chi connectivity index (χ1v) is 6.57. The largest absolute Gasteiger partial charge is 0.376 e. The van der Waals surface area contributed by atoms with E-state index in [0.29, 0.717) is 0 Å². The zero-order chi connectivity index (χ0) is 12.7. The smallest absolute Gasteiger partial charge is 0.227 e. The van der Waals surface area contributed by atoms with Crippen molar-refractivity contribution >= 4 is 17.3 Å². The normalized spacial score (nSPS) is 28.7. The maximum absolute atomic E-state index is 12.2. The molecule has 1 N–H and O–H groups in total. The number of carbonyl (C=O) groups excluding carboxylic acids is 1. The van der Waals surface area contributed by atoms with Gasteiger partial charge in [-0.3, -0.25) is 9.78 Å². The summed E-state index contributed by atoms with van der Waals surface area (Å²) in [6.07, 6.45) is 6.97. The van der Waals surface area contributed by atoms with Gasteiger partial charge in [-0.05, 0) is 37.2 Å². The average molecular weight is 245 g/mol. The molecule has 2 atom stereocenters. The minimum atomic E-state index is 0.165. The molecule has 2 fully saturated rings. The molecule has 18 heavy (non-hydrogen) atoms. The highest BCUT2D eigenvalue weighted by Crippen LogP contribution is 2.54. The van der Waals surface area contributed by atoms with E-state index in [1.165, 1.54) is 6.42 Å². The van der Waals surface area contributed by atoms with Gasteiger partial charge in [0.05, 0.1) is 17.6 Å². The van der Waals surface area contributed by atoms with Gasteiger partial charge in [-0.2, -0.15) is 0 Å². The number of hydrogen-bond donors (Lipinski definition) is 1. The summed E-state index contributed by atoms with van der Waals surface area (Å²) in [7, 11) is 3.94. The summed E-state index contributed by atoms with van der Waals surface area (Å²) in [6, 6.07) is 1.92. The molecule has 0 spiro atoms. The van der Waals surface area contributed by atoms with Gasteiger partial charge >= 0.3 is 0 Å². The zero-order valence-electron chi connectivity index (χ0n) is 10.9. The minimum absolute atomic E-state index is 0.165. The van der Waals surface area contributed by atoms with Crippen LogP contribution < -0.4 is 10.2 Å². The van der Waals surface area contributed by atoms with Gasteiger partial charge in [0, 0.05) is 26.2 Å². The number of hydrogen-bond acceptors (Lipinski definition) is 3. The molecule has 0 aliphatic heterocycles. The molecule has 4 heteroatoms. The van der Waals surface area contributed by atoms with E-state index in [2.05, 4.69) is 10.3 Å². The van der Waals surface area contributed by atoms with E-state index < -0.39 is 0 Å². The van der Waals surface area contributed by atoms with Crippen molar-refractivity contribution in [3.63, 3.8) is 0 Å². The predicted octanol–water partition coefficient (Wildman–Crippen LogP) is 2.13. The SMILES string of the molecule is CN(C)c1ccncc1NC(=O)C1CC2CC2C1. The second-order valence-electron chi connectivity index (χ2n) is 5.70. The van der Waals surface area contributed by atoms with Crippen molar-refractivity contribution in [1.82, 2.24) is 4.98 Å². The monoisotopic (exact) mass is 245 g/mol. The van der Waals surface area contributed by atoms with E-state index in [1.54, 1.807) is 12.4 Å². The maximum Gasteiger partial charge on any atom is 0.227 e. The Morgan fingerprint density at radius 1 is 1.33 bits per heavy atom. The van der Waals surface area contributed by atoms with Crippen LogP contribution in [-0.4, -0.2) is 25.0 Å². The summed E-state index contributed by atoms with van der Waals surface area (Å²) in [6.45, 7) is 0. The van der Waals surface area contributed by atoms with Crippen LogP contribution in [0.15, 0.2) is 18.5 Å². The first kappa shape index (κ1) is 11.5. The van der Waals surface area contributed by atoms with Crippen molar-refractivity contribution < 1.29 is 4.79 Å². The van der Waals surface area contributed by atoms with Crippen molar-refractivity contribution in [3.8, 4) is 0 Å². The van der Waals surface area contributed by atoms with Crippen LogP contribution in [0.25, 0.3) is 0 Å². The number of aromatic nitrogens is 1. The second kappa shape index (κ2) is 4.26. The molecule has 0 radical (unpaired) electrons. The highest BCUT2D eigenvalue weighted by molar-refractivity contribution is 5.95. The Hall–Kier alpha value is -1.58. The Kier molecular flexibility index (Phi) is 2.73. The Balaban J connectivity index is 1.70. The molecule has 1 aromatic rings. The molecule has 96 valence electrons. The van der Waals surface area contributed by atoms with Gasteiger partial charge in [-0.25, -0.2) is 0 Å². The number of pyridine rings is 1. The highest BCUT2D eigenvalue weighted by atomic mass is 16.1. The van der Waals surface area contributed by atoms with Crippen LogP contribution in [0, 0.1) is 17.8 Å². The van der Waals surface area contributed by atoms with Crippen molar-refractivity contribution in [2.75, 3.05) is 24.3 Å². The molecule has 2 unspecified atom stereocenters. The maximum atomic E-state index is 12.2. The average Bonchev–Trinajstić information content (AvgIpc) is 2.96. The Labute approximate surface area is 107 Å². The van der Waals surface area contributed by atoms with Gasteiger partial charge < -0.3 is 10.2 Å². The minimum Gasteiger partial charge on any atom is -0.376 e. The fourth-order valence-corrected chi connectivity index (χ4v) is 3.04. The lowest BCUT2D eigenvalue weighted by Crippen LogP contribution is -2.23. The van der Waals surface area contributed by atoms with E-state index in [4.69, 9.17) is 0 Å². The molecule has 0 saturated heterocycles. The topological polar surface area (TPSA) is 45.2 Å². The van der Waals surface area contributed by atoms with Gasteiger partial charge in [-0.1, -0.05) is 0 Å². The summed E-state index contributed by atoms with van der Waals surface area (Å²) in [5.41, 5.74) is 1.81. The lowest BCUT2D eigenvalue weighted by atomic mass is 10.0. The number of nitrogens with zero attached hydrogens (tertiary/aromatic N) is 2. The van der Waals surface area contributed by atoms with Gasteiger partial charge in [-0.15, -0.1) is 0 Å². The first-order valence-electron chi connectivity index (χ1n) is 6.57. The quantitative estimate of drug-likeness (QED) is 0.887. The molecule has 0 aromatic carbocycles. The van der Waals surface area contributed by atoms with Crippen LogP contribution in [0.5, 0.6) is 0 Å². The molecular formula is C14H19N3O. The number of nitrogens with one attached hydrogen (secondary N) is 1. The van der Waals surface area contributed by atoms with Crippen molar-refractivity contribution in [2.45, 2.75) is 19.3 Å². The summed E-state index contributed by atoms with van der Waals surface area (Å²) in [5.74, 6) is 2.05. The molecule has 2 aliphatic rings. The lowest BCUT2D eigenvalue weighted by Gasteiger charge is -2.19. The van der Waals surface area contributed by atoms with Crippen molar-refractivity contribution in [1.29, 1.82) is 0 Å². The van der Waals surface area contributed by atoms with Crippen LogP contribution in [0.3, 0.4) is 0 Å². The van der Waals surface area contributed by atoms with Gasteiger partial charge in [0.1, 0.15) is 0 Å². The number of carbonyl (C=O) groups is 1. The third-order valence-corrected chi connectivity index (χ3v) is 4.15. The van der Waals surface area contributed by atoms with Gasteiger partial charge in [0.2, 0.25) is 5.91 Å². The van der Waals surface area contributed by atoms with E-state index >= 15 is 0 Å². The molecule has 4 nitrogen and oxygen atoms in total. The standard InChI is InChI=1S/C14H19N3O/c1-17(2)13-3-4-15-8-12(13)16-14(18)11-6-9-5-10(9)7-11/h3-4,8-11H,5-7H2,1-2H3,(H,16,18). The molecule has 0 bridgehead atoms. The molecule has 1 heterocycles. The number of anilines is 2. The Morgan fingerprint density at radius 2 is 2.06 bits per heavy atom. The van der Waals surface area contributed by atoms with Crippen LogP contribution in [0.4, 0.5) is 11.4 Å². The van der Waals surface area contributed by atoms with Crippen LogP contribution in [0.1, 0.15) is 19.3 Å². The third-order valence-electron chi connectivity index (χ3n) is 4.15. The first-order chi connectivity index (χ1) is 8.65. The van der Waals surface area contributed by atoms with E-state index in [9.17, 15) is 4.79 Å². The number of amides is 1. The fourth-order valence-electron chi connectivity index (χ4n) is 3.04. The van der Waals surface area contributed by atoms with Crippen LogP contribution >= 0.6 is 0 Å². The third kappa shape index (κ3) is 2.07. The van der Waals surface area contributed by atoms with Gasteiger partial charge in [0.15, 0.2) is 0 Å². The molecule has 1 amide bonds. The van der Waals surface area contributed by atoms with Crippen molar-refractivity contribution in [3.05, 3.63) is 18.5 Å². The number of rotatable bonds is 3. The van der Waals surface area contributed by atoms with Crippen LogP contribution in [-0.2, 0) is 4.79 Å². The molecular weight excluding hydrogens is 226 g/mol. The zero-order valence-corrected chi connectivity index (χ0v) is 10.9. The van der Waals surface area contributed by atoms with Gasteiger partial charge in [0.25, 0.3) is 0 Å². The Bertz CT molecular complexity index is 462.